The van der Waals surface area contributed by atoms with Crippen LogP contribution in [0.4, 0.5) is 5.69 Å². The van der Waals surface area contributed by atoms with Crippen molar-refractivity contribution in [3.05, 3.63) is 53.1 Å². The van der Waals surface area contributed by atoms with Gasteiger partial charge in [-0.05, 0) is 61.7 Å². The molecule has 1 fully saturated rings. The van der Waals surface area contributed by atoms with Crippen LogP contribution in [-0.2, 0) is 0 Å². The first-order chi connectivity index (χ1) is 12.0. The predicted molar refractivity (Wildman–Crippen MR) is 103 cm³/mol. The second-order valence-electron chi connectivity index (χ2n) is 6.90. The van der Waals surface area contributed by atoms with Crippen molar-refractivity contribution in [3.63, 3.8) is 0 Å². The third-order valence-electron chi connectivity index (χ3n) is 5.31. The van der Waals surface area contributed by atoms with Gasteiger partial charge in [0, 0.05) is 37.9 Å². The highest BCUT2D eigenvalue weighted by atomic mass is 16.5. The minimum absolute atomic E-state index is 0.367. The second kappa shape index (κ2) is 7.36. The molecule has 1 aliphatic heterocycles. The monoisotopic (exact) mass is 340 g/mol. The highest BCUT2D eigenvalue weighted by Gasteiger charge is 2.22. The van der Waals surface area contributed by atoms with Crippen LogP contribution in [0.25, 0.3) is 0 Å². The summed E-state index contributed by atoms with van der Waals surface area (Å²) in [5.41, 5.74) is 4.65. The third-order valence-corrected chi connectivity index (χ3v) is 5.31. The van der Waals surface area contributed by atoms with E-state index in [0.717, 1.165) is 37.5 Å². The maximum atomic E-state index is 9.71. The lowest BCUT2D eigenvalue weighted by Gasteiger charge is -2.39. The molecule has 2 aromatic carbocycles. The molecule has 0 aliphatic carbocycles. The molecule has 1 N–H and O–H groups in total. The zero-order valence-electron chi connectivity index (χ0n) is 15.6. The summed E-state index contributed by atoms with van der Waals surface area (Å²) in [5.74, 6) is 1.31. The molecule has 0 bridgehead atoms. The van der Waals surface area contributed by atoms with E-state index in [9.17, 15) is 5.11 Å². The first kappa shape index (κ1) is 17.6. The Morgan fingerprint density at radius 1 is 0.960 bits per heavy atom. The zero-order valence-corrected chi connectivity index (χ0v) is 15.6. The van der Waals surface area contributed by atoms with Crippen LogP contribution in [0.1, 0.15) is 29.7 Å². The molecule has 3 rings (SSSR count). The van der Waals surface area contributed by atoms with Gasteiger partial charge in [0.05, 0.1) is 7.11 Å². The van der Waals surface area contributed by atoms with E-state index in [4.69, 9.17) is 4.74 Å². The molecule has 1 heterocycles. The van der Waals surface area contributed by atoms with Gasteiger partial charge in [-0.1, -0.05) is 12.1 Å². The number of aromatic hydroxyl groups is 1. The molecule has 1 saturated heterocycles. The Hall–Kier alpha value is -2.20. The summed E-state index contributed by atoms with van der Waals surface area (Å²) in [5, 5.41) is 9.71. The topological polar surface area (TPSA) is 35.9 Å². The number of piperazine rings is 1. The number of hydrogen-bond donors (Lipinski definition) is 1. The third kappa shape index (κ3) is 3.74. The van der Waals surface area contributed by atoms with E-state index in [1.54, 1.807) is 13.2 Å². The van der Waals surface area contributed by atoms with Crippen LogP contribution >= 0.6 is 0 Å². The highest BCUT2D eigenvalue weighted by Crippen LogP contribution is 2.28. The SMILES string of the molecule is COc1ccc(C(C)N2CCN(c3ccc(O)c(C)c3)CC2)cc1C. The second-order valence-corrected chi connectivity index (χ2v) is 6.90. The van der Waals surface area contributed by atoms with Crippen LogP contribution in [-0.4, -0.2) is 43.3 Å². The summed E-state index contributed by atoms with van der Waals surface area (Å²) < 4.78 is 5.37. The Kier molecular flexibility index (Phi) is 5.19. The molecular formula is C21H28N2O2. The van der Waals surface area contributed by atoms with Crippen molar-refractivity contribution in [2.45, 2.75) is 26.8 Å². The van der Waals surface area contributed by atoms with E-state index >= 15 is 0 Å². The molecule has 0 spiro atoms. The number of methoxy groups -OCH3 is 1. The van der Waals surface area contributed by atoms with Crippen LogP contribution in [0, 0.1) is 13.8 Å². The fourth-order valence-corrected chi connectivity index (χ4v) is 3.58. The zero-order chi connectivity index (χ0) is 18.0. The first-order valence-electron chi connectivity index (χ1n) is 8.92. The minimum atomic E-state index is 0.367. The van der Waals surface area contributed by atoms with Crippen molar-refractivity contribution in [1.29, 1.82) is 0 Å². The fraction of sp³-hybridized carbons (Fsp3) is 0.429. The molecule has 134 valence electrons. The number of benzene rings is 2. The average Bonchev–Trinajstić information content (AvgIpc) is 2.63. The van der Waals surface area contributed by atoms with Crippen molar-refractivity contribution in [1.82, 2.24) is 4.90 Å². The molecule has 0 radical (unpaired) electrons. The molecule has 0 amide bonds. The van der Waals surface area contributed by atoms with E-state index in [-0.39, 0.29) is 0 Å². The summed E-state index contributed by atoms with van der Waals surface area (Å²) in [6.45, 7) is 10.4. The van der Waals surface area contributed by atoms with Gasteiger partial charge in [-0.15, -0.1) is 0 Å². The van der Waals surface area contributed by atoms with Crippen LogP contribution in [0.3, 0.4) is 0 Å². The maximum Gasteiger partial charge on any atom is 0.121 e. The van der Waals surface area contributed by atoms with Gasteiger partial charge >= 0.3 is 0 Å². The first-order valence-corrected chi connectivity index (χ1v) is 8.92. The van der Waals surface area contributed by atoms with E-state index in [1.165, 1.54) is 16.8 Å². The van der Waals surface area contributed by atoms with Crippen LogP contribution in [0.5, 0.6) is 11.5 Å². The van der Waals surface area contributed by atoms with Gasteiger partial charge < -0.3 is 14.7 Å². The number of anilines is 1. The lowest BCUT2D eigenvalue weighted by atomic mass is 10.0. The Labute approximate surface area is 150 Å². The summed E-state index contributed by atoms with van der Waals surface area (Å²) in [4.78, 5) is 4.93. The quantitative estimate of drug-likeness (QED) is 0.916. The molecule has 0 saturated carbocycles. The number of ether oxygens (including phenoxy) is 1. The molecule has 1 unspecified atom stereocenters. The lowest BCUT2D eigenvalue weighted by molar-refractivity contribution is 0.198. The van der Waals surface area contributed by atoms with Crippen molar-refractivity contribution >= 4 is 5.69 Å². The number of nitrogens with zero attached hydrogens (tertiary/aromatic N) is 2. The molecule has 25 heavy (non-hydrogen) atoms. The largest absolute Gasteiger partial charge is 0.508 e. The molecule has 4 nitrogen and oxygen atoms in total. The standard InChI is InChI=1S/C21H28N2O2/c1-15-14-19(6-7-20(15)24)23-11-9-22(10-12-23)17(3)18-5-8-21(25-4)16(2)13-18/h5-8,13-14,17,24H,9-12H2,1-4H3. The highest BCUT2D eigenvalue weighted by molar-refractivity contribution is 5.52. The van der Waals surface area contributed by atoms with Crippen molar-refractivity contribution in [2.24, 2.45) is 0 Å². The van der Waals surface area contributed by atoms with Crippen LogP contribution < -0.4 is 9.64 Å². The summed E-state index contributed by atoms with van der Waals surface area (Å²) in [6.07, 6.45) is 0. The molecular weight excluding hydrogens is 312 g/mol. The van der Waals surface area contributed by atoms with Gasteiger partial charge in [-0.25, -0.2) is 0 Å². The predicted octanol–water partition coefficient (Wildman–Crippen LogP) is 3.90. The van der Waals surface area contributed by atoms with E-state index < -0.39 is 0 Å². The normalized spacial score (nSPS) is 16.7. The average molecular weight is 340 g/mol. The summed E-state index contributed by atoms with van der Waals surface area (Å²) in [6, 6.07) is 12.7. The number of phenols is 1. The van der Waals surface area contributed by atoms with E-state index in [1.807, 2.05) is 13.0 Å². The van der Waals surface area contributed by atoms with Crippen LogP contribution in [0.15, 0.2) is 36.4 Å². The molecule has 4 heteroatoms. The van der Waals surface area contributed by atoms with Crippen molar-refractivity contribution in [3.8, 4) is 11.5 Å². The van der Waals surface area contributed by atoms with Crippen LogP contribution in [0.2, 0.25) is 0 Å². The molecule has 1 atom stereocenters. The Balaban J connectivity index is 1.65. The Bertz CT molecular complexity index is 737. The lowest BCUT2D eigenvalue weighted by Crippen LogP contribution is -2.47. The molecule has 2 aromatic rings. The molecule has 1 aliphatic rings. The number of aryl methyl sites for hydroxylation is 2. The smallest absolute Gasteiger partial charge is 0.121 e. The van der Waals surface area contributed by atoms with Gasteiger partial charge in [0.15, 0.2) is 0 Å². The van der Waals surface area contributed by atoms with Gasteiger partial charge in [0.2, 0.25) is 0 Å². The van der Waals surface area contributed by atoms with Crippen molar-refractivity contribution in [2.75, 3.05) is 38.2 Å². The van der Waals surface area contributed by atoms with Gasteiger partial charge in [-0.3, -0.25) is 4.90 Å². The maximum absolute atomic E-state index is 9.71. The van der Waals surface area contributed by atoms with E-state index in [2.05, 4.69) is 47.9 Å². The Morgan fingerprint density at radius 3 is 2.28 bits per heavy atom. The Morgan fingerprint density at radius 2 is 1.68 bits per heavy atom. The van der Waals surface area contributed by atoms with Gasteiger partial charge in [0.25, 0.3) is 0 Å². The van der Waals surface area contributed by atoms with E-state index in [0.29, 0.717) is 11.8 Å². The summed E-state index contributed by atoms with van der Waals surface area (Å²) in [7, 11) is 1.72. The summed E-state index contributed by atoms with van der Waals surface area (Å²) >= 11 is 0. The minimum Gasteiger partial charge on any atom is -0.508 e. The number of phenolic OH excluding ortho intramolecular Hbond substituents is 1. The van der Waals surface area contributed by atoms with Crippen molar-refractivity contribution < 1.29 is 9.84 Å². The van der Waals surface area contributed by atoms with Gasteiger partial charge in [-0.2, -0.15) is 0 Å². The van der Waals surface area contributed by atoms with Gasteiger partial charge in [0.1, 0.15) is 11.5 Å². The number of hydrogen-bond acceptors (Lipinski definition) is 4. The fourth-order valence-electron chi connectivity index (χ4n) is 3.58. The number of rotatable bonds is 4. The molecule has 0 aromatic heterocycles.